The van der Waals surface area contributed by atoms with Gasteiger partial charge in [-0.2, -0.15) is 0 Å². The molecule has 0 saturated carbocycles. The molecule has 0 aliphatic carbocycles. The van der Waals surface area contributed by atoms with Crippen molar-refractivity contribution in [2.75, 3.05) is 11.8 Å². The van der Waals surface area contributed by atoms with Crippen LogP contribution in [-0.4, -0.2) is 20.6 Å². The Hall–Kier alpha value is -2.21. The third kappa shape index (κ3) is 3.51. The lowest BCUT2D eigenvalue weighted by Gasteiger charge is -2.14. The third-order valence-corrected chi connectivity index (χ3v) is 4.64. The smallest absolute Gasteiger partial charge is 0.265 e. The zero-order valence-corrected chi connectivity index (χ0v) is 13.5. The molecule has 0 unspecified atom stereocenters. The predicted molar refractivity (Wildman–Crippen MR) is 86.0 cm³/mol. The van der Waals surface area contributed by atoms with Crippen LogP contribution in [0.5, 0.6) is 11.5 Å². The highest BCUT2D eigenvalue weighted by Crippen LogP contribution is 2.30. The van der Waals surface area contributed by atoms with Crippen LogP contribution >= 0.6 is 0 Å². The Bertz CT molecular complexity index is 769. The van der Waals surface area contributed by atoms with E-state index in [0.29, 0.717) is 0 Å². The minimum atomic E-state index is -3.81. The van der Waals surface area contributed by atoms with Gasteiger partial charge in [-0.1, -0.05) is 26.0 Å². The van der Waals surface area contributed by atoms with Gasteiger partial charge >= 0.3 is 0 Å². The van der Waals surface area contributed by atoms with Crippen molar-refractivity contribution in [3.05, 3.63) is 48.0 Å². The number of anilines is 1. The lowest BCUT2D eigenvalue weighted by Crippen LogP contribution is -2.14. The maximum atomic E-state index is 12.6. The second-order valence-corrected chi connectivity index (χ2v) is 6.87. The van der Waals surface area contributed by atoms with Gasteiger partial charge in [-0.25, -0.2) is 8.42 Å². The molecule has 0 heterocycles. The molecule has 0 aliphatic heterocycles. The van der Waals surface area contributed by atoms with Crippen molar-refractivity contribution in [3.8, 4) is 11.5 Å². The number of phenolic OH excluding ortho intramolecular Hbond substituents is 1. The van der Waals surface area contributed by atoms with Gasteiger partial charge in [-0.3, -0.25) is 4.72 Å². The predicted octanol–water partition coefficient (Wildman–Crippen LogP) is 3.33. The van der Waals surface area contributed by atoms with E-state index < -0.39 is 10.0 Å². The Balaban J connectivity index is 2.46. The molecular formula is C16H19NO4S. The first-order valence-electron chi connectivity index (χ1n) is 6.83. The first kappa shape index (κ1) is 16.2. The molecule has 0 radical (unpaired) electrons. The SMILES string of the molecule is COc1ccc(C(C)C)cc1S(=O)(=O)Nc1cccc(O)c1. The van der Waals surface area contributed by atoms with E-state index in [1.165, 1.54) is 19.2 Å². The van der Waals surface area contributed by atoms with Gasteiger partial charge in [-0.15, -0.1) is 0 Å². The normalized spacial score (nSPS) is 11.5. The summed E-state index contributed by atoms with van der Waals surface area (Å²) in [4.78, 5) is 0.0737. The van der Waals surface area contributed by atoms with E-state index in [1.807, 2.05) is 19.9 Å². The molecule has 0 aromatic heterocycles. The van der Waals surface area contributed by atoms with Gasteiger partial charge in [0.1, 0.15) is 16.4 Å². The fourth-order valence-electron chi connectivity index (χ4n) is 2.04. The van der Waals surface area contributed by atoms with Crippen LogP contribution in [0.1, 0.15) is 25.3 Å². The van der Waals surface area contributed by atoms with Gasteiger partial charge < -0.3 is 9.84 Å². The molecule has 2 rings (SSSR count). The van der Waals surface area contributed by atoms with Crippen molar-refractivity contribution in [2.45, 2.75) is 24.7 Å². The lowest BCUT2D eigenvalue weighted by molar-refractivity contribution is 0.402. The van der Waals surface area contributed by atoms with E-state index in [9.17, 15) is 13.5 Å². The number of benzene rings is 2. The largest absolute Gasteiger partial charge is 0.508 e. The quantitative estimate of drug-likeness (QED) is 0.886. The molecule has 0 saturated heterocycles. The van der Waals surface area contributed by atoms with Crippen molar-refractivity contribution in [1.82, 2.24) is 0 Å². The van der Waals surface area contributed by atoms with Gasteiger partial charge in [0.15, 0.2) is 0 Å². The van der Waals surface area contributed by atoms with Crippen LogP contribution in [0, 0.1) is 0 Å². The zero-order valence-electron chi connectivity index (χ0n) is 12.7. The molecule has 0 amide bonds. The van der Waals surface area contributed by atoms with Crippen LogP contribution in [0.3, 0.4) is 0 Å². The minimum absolute atomic E-state index is 0.0110. The lowest BCUT2D eigenvalue weighted by atomic mass is 10.0. The first-order valence-corrected chi connectivity index (χ1v) is 8.31. The molecule has 2 N–H and O–H groups in total. The van der Waals surface area contributed by atoms with Gasteiger partial charge in [0.05, 0.1) is 12.8 Å². The summed E-state index contributed by atoms with van der Waals surface area (Å²) in [7, 11) is -2.39. The van der Waals surface area contributed by atoms with E-state index in [4.69, 9.17) is 4.74 Å². The molecular weight excluding hydrogens is 302 g/mol. The summed E-state index contributed by atoms with van der Waals surface area (Å²) >= 11 is 0. The Labute approximate surface area is 130 Å². The molecule has 5 nitrogen and oxygen atoms in total. The van der Waals surface area contributed by atoms with Crippen molar-refractivity contribution in [1.29, 1.82) is 0 Å². The Morgan fingerprint density at radius 1 is 1.14 bits per heavy atom. The van der Waals surface area contributed by atoms with Gasteiger partial charge in [0, 0.05) is 6.07 Å². The summed E-state index contributed by atoms with van der Waals surface area (Å²) in [6, 6.07) is 11.0. The molecule has 22 heavy (non-hydrogen) atoms. The monoisotopic (exact) mass is 321 g/mol. The highest BCUT2D eigenvalue weighted by molar-refractivity contribution is 7.92. The highest BCUT2D eigenvalue weighted by Gasteiger charge is 2.21. The molecule has 0 aliphatic rings. The molecule has 2 aromatic carbocycles. The molecule has 118 valence electrons. The van der Waals surface area contributed by atoms with Gasteiger partial charge in [0.25, 0.3) is 10.0 Å². The summed E-state index contributed by atoms with van der Waals surface area (Å²) in [5, 5.41) is 9.44. The number of hydrogen-bond donors (Lipinski definition) is 2. The van der Waals surface area contributed by atoms with E-state index in [2.05, 4.69) is 4.72 Å². The number of nitrogens with one attached hydrogen (secondary N) is 1. The van der Waals surface area contributed by atoms with Crippen molar-refractivity contribution in [3.63, 3.8) is 0 Å². The van der Waals surface area contributed by atoms with E-state index in [0.717, 1.165) is 5.56 Å². The van der Waals surface area contributed by atoms with Gasteiger partial charge in [0.2, 0.25) is 0 Å². The van der Waals surface area contributed by atoms with Crippen LogP contribution in [0.25, 0.3) is 0 Å². The van der Waals surface area contributed by atoms with Crippen molar-refractivity contribution < 1.29 is 18.3 Å². The fourth-order valence-corrected chi connectivity index (χ4v) is 3.30. The number of hydrogen-bond acceptors (Lipinski definition) is 4. The summed E-state index contributed by atoms with van der Waals surface area (Å²) in [5.74, 6) is 0.459. The number of ether oxygens (including phenoxy) is 1. The Morgan fingerprint density at radius 3 is 2.45 bits per heavy atom. The fraction of sp³-hybridized carbons (Fsp3) is 0.250. The number of rotatable bonds is 5. The van der Waals surface area contributed by atoms with Crippen LogP contribution in [0.15, 0.2) is 47.4 Å². The summed E-state index contributed by atoms with van der Waals surface area (Å²) in [5.41, 5.74) is 1.19. The molecule has 0 fully saturated rings. The van der Waals surface area contributed by atoms with Gasteiger partial charge in [-0.05, 0) is 35.7 Å². The van der Waals surface area contributed by atoms with E-state index in [1.54, 1.807) is 24.3 Å². The Morgan fingerprint density at radius 2 is 1.86 bits per heavy atom. The number of phenols is 1. The Kier molecular flexibility index (Phi) is 4.61. The van der Waals surface area contributed by atoms with E-state index >= 15 is 0 Å². The minimum Gasteiger partial charge on any atom is -0.508 e. The van der Waals surface area contributed by atoms with Crippen molar-refractivity contribution in [2.24, 2.45) is 0 Å². The summed E-state index contributed by atoms with van der Waals surface area (Å²) in [6.07, 6.45) is 0. The number of sulfonamides is 1. The average molecular weight is 321 g/mol. The maximum Gasteiger partial charge on any atom is 0.265 e. The average Bonchev–Trinajstić information content (AvgIpc) is 2.46. The molecule has 6 heteroatoms. The highest BCUT2D eigenvalue weighted by atomic mass is 32.2. The molecule has 0 atom stereocenters. The second kappa shape index (κ2) is 6.27. The third-order valence-electron chi connectivity index (χ3n) is 3.24. The summed E-state index contributed by atoms with van der Waals surface area (Å²) in [6.45, 7) is 3.97. The number of aromatic hydroxyl groups is 1. The van der Waals surface area contributed by atoms with Crippen LogP contribution < -0.4 is 9.46 Å². The summed E-state index contributed by atoms with van der Waals surface area (Å²) < 4.78 is 32.8. The van der Waals surface area contributed by atoms with E-state index in [-0.39, 0.29) is 28.0 Å². The molecule has 0 spiro atoms. The standard InChI is InChI=1S/C16H19NO4S/c1-11(2)12-7-8-15(21-3)16(9-12)22(19,20)17-13-5-4-6-14(18)10-13/h4-11,17-18H,1-3H3. The zero-order chi connectivity index (χ0) is 16.3. The molecule has 2 aromatic rings. The number of methoxy groups -OCH3 is 1. The van der Waals surface area contributed by atoms with Crippen LogP contribution in [-0.2, 0) is 10.0 Å². The van der Waals surface area contributed by atoms with Crippen molar-refractivity contribution >= 4 is 15.7 Å². The maximum absolute atomic E-state index is 12.6. The molecule has 0 bridgehead atoms. The van der Waals surface area contributed by atoms with Crippen LogP contribution in [0.4, 0.5) is 5.69 Å². The second-order valence-electron chi connectivity index (χ2n) is 5.22. The first-order chi connectivity index (χ1) is 10.3. The van der Waals surface area contributed by atoms with Crippen LogP contribution in [0.2, 0.25) is 0 Å². The topological polar surface area (TPSA) is 75.6 Å².